The van der Waals surface area contributed by atoms with Gasteiger partial charge in [-0.25, -0.2) is 0 Å². The van der Waals surface area contributed by atoms with Gasteiger partial charge in [-0.05, 0) is 18.1 Å². The van der Waals surface area contributed by atoms with E-state index in [4.69, 9.17) is 0 Å². The van der Waals surface area contributed by atoms with Crippen LogP contribution in [0.15, 0.2) is 42.7 Å². The predicted octanol–water partition coefficient (Wildman–Crippen LogP) is 3.61. The highest BCUT2D eigenvalue weighted by atomic mass is 127. The second-order valence-corrected chi connectivity index (χ2v) is 5.16. The predicted molar refractivity (Wildman–Crippen MR) is 72.5 cm³/mol. The van der Waals surface area contributed by atoms with Crippen LogP contribution in [0.1, 0.15) is 13.8 Å². The van der Waals surface area contributed by atoms with Crippen LogP contribution in [-0.4, -0.2) is 9.28 Å². The monoisotopic (exact) mass is 314 g/mol. The van der Waals surface area contributed by atoms with Crippen molar-refractivity contribution in [3.63, 3.8) is 0 Å². The highest BCUT2D eigenvalue weighted by Crippen LogP contribution is 2.30. The Morgan fingerprint density at radius 2 is 1.80 bits per heavy atom. The number of hydrogen-bond donors (Lipinski definition) is 0. The molecule has 15 heavy (non-hydrogen) atoms. The van der Waals surface area contributed by atoms with Crippen molar-refractivity contribution in [2.75, 3.05) is 4.90 Å². The van der Waals surface area contributed by atoms with Gasteiger partial charge in [0.1, 0.15) is 6.17 Å². The van der Waals surface area contributed by atoms with Crippen LogP contribution in [-0.2, 0) is 0 Å². The lowest BCUT2D eigenvalue weighted by Gasteiger charge is -2.32. The molecule has 80 valence electrons. The molecular formula is C12H15IN2. The Bertz CT molecular complexity index is 348. The highest BCUT2D eigenvalue weighted by Gasteiger charge is 2.28. The molecule has 0 amide bonds. The minimum absolute atomic E-state index is 0.424. The number of hydrogen-bond acceptors (Lipinski definition) is 2. The number of halogens is 1. The number of para-hydroxylation sites is 1. The summed E-state index contributed by atoms with van der Waals surface area (Å²) in [4.78, 5) is 2.32. The number of nitrogens with zero attached hydrogens (tertiary/aromatic N) is 2. The molecule has 0 fully saturated rings. The topological polar surface area (TPSA) is 6.48 Å². The fourth-order valence-electron chi connectivity index (χ4n) is 1.88. The molecule has 1 heterocycles. The molecule has 2 rings (SSSR count). The Morgan fingerprint density at radius 1 is 1.13 bits per heavy atom. The summed E-state index contributed by atoms with van der Waals surface area (Å²) in [5.74, 6) is 0.595. The molecule has 3 heteroatoms. The Kier molecular flexibility index (Phi) is 3.19. The van der Waals surface area contributed by atoms with Gasteiger partial charge in [0.05, 0.1) is 22.9 Å². The molecule has 0 aliphatic carbocycles. The summed E-state index contributed by atoms with van der Waals surface area (Å²) in [6.45, 7) is 4.50. The van der Waals surface area contributed by atoms with Crippen molar-refractivity contribution in [2.45, 2.75) is 20.0 Å². The van der Waals surface area contributed by atoms with E-state index in [1.54, 1.807) is 0 Å². The lowest BCUT2D eigenvalue weighted by atomic mass is 10.1. The molecule has 1 atom stereocenters. The zero-order chi connectivity index (χ0) is 10.8. The average Bonchev–Trinajstić information content (AvgIpc) is 2.61. The van der Waals surface area contributed by atoms with E-state index < -0.39 is 0 Å². The average molecular weight is 314 g/mol. The summed E-state index contributed by atoms with van der Waals surface area (Å²) in [5, 5.41) is 0. The normalized spacial score (nSPS) is 20.4. The number of benzene rings is 1. The second kappa shape index (κ2) is 4.43. The standard InChI is InChI=1S/C12H15IN2/c1-10(2)12-14(8-9-15(12)13)11-6-4-3-5-7-11/h3-10,12H,1-2H3. The Balaban J connectivity index is 2.26. The van der Waals surface area contributed by atoms with Crippen LogP contribution in [0, 0.1) is 5.92 Å². The third-order valence-electron chi connectivity index (χ3n) is 2.56. The molecule has 0 N–H and O–H groups in total. The van der Waals surface area contributed by atoms with Gasteiger partial charge in [-0.1, -0.05) is 32.0 Å². The molecule has 0 spiro atoms. The molecule has 1 aliphatic heterocycles. The van der Waals surface area contributed by atoms with E-state index in [9.17, 15) is 0 Å². The lowest BCUT2D eigenvalue weighted by Crippen LogP contribution is -2.38. The first-order chi connectivity index (χ1) is 7.20. The molecule has 1 aromatic rings. The van der Waals surface area contributed by atoms with Gasteiger partial charge in [-0.15, -0.1) is 0 Å². The van der Waals surface area contributed by atoms with Crippen molar-refractivity contribution in [1.29, 1.82) is 0 Å². The lowest BCUT2D eigenvalue weighted by molar-refractivity contribution is 0.386. The maximum atomic E-state index is 2.36. The highest BCUT2D eigenvalue weighted by molar-refractivity contribution is 14.1. The van der Waals surface area contributed by atoms with Crippen molar-refractivity contribution in [1.82, 2.24) is 3.11 Å². The van der Waals surface area contributed by atoms with E-state index in [-0.39, 0.29) is 0 Å². The Labute approximate surface area is 105 Å². The van der Waals surface area contributed by atoms with Gasteiger partial charge in [0.25, 0.3) is 0 Å². The summed E-state index contributed by atoms with van der Waals surface area (Å²) >= 11 is 2.36. The first-order valence-corrected chi connectivity index (χ1v) is 6.12. The van der Waals surface area contributed by atoms with E-state index in [1.165, 1.54) is 5.69 Å². The summed E-state index contributed by atoms with van der Waals surface area (Å²) in [6.07, 6.45) is 4.69. The molecule has 0 saturated heterocycles. The van der Waals surface area contributed by atoms with Crippen LogP contribution in [0.5, 0.6) is 0 Å². The second-order valence-electron chi connectivity index (χ2n) is 4.04. The maximum absolute atomic E-state index is 2.36. The van der Waals surface area contributed by atoms with Crippen LogP contribution in [0.4, 0.5) is 5.69 Å². The number of rotatable bonds is 2. The smallest absolute Gasteiger partial charge is 0.117 e. The van der Waals surface area contributed by atoms with Gasteiger partial charge < -0.3 is 4.90 Å². The van der Waals surface area contributed by atoms with Crippen LogP contribution < -0.4 is 4.90 Å². The summed E-state index contributed by atoms with van der Waals surface area (Å²) in [7, 11) is 0. The van der Waals surface area contributed by atoms with E-state index in [0.29, 0.717) is 12.1 Å². The Hall–Kier alpha value is -0.710. The fraction of sp³-hybridized carbons (Fsp3) is 0.333. The molecule has 0 bridgehead atoms. The van der Waals surface area contributed by atoms with E-state index >= 15 is 0 Å². The van der Waals surface area contributed by atoms with E-state index in [0.717, 1.165) is 0 Å². The minimum Gasteiger partial charge on any atom is -0.325 e. The van der Waals surface area contributed by atoms with E-state index in [2.05, 4.69) is 87.5 Å². The number of anilines is 1. The first-order valence-electron chi connectivity index (χ1n) is 5.16. The molecule has 1 unspecified atom stereocenters. The molecular weight excluding hydrogens is 299 g/mol. The minimum atomic E-state index is 0.424. The Morgan fingerprint density at radius 3 is 2.40 bits per heavy atom. The molecule has 1 aliphatic rings. The van der Waals surface area contributed by atoms with Gasteiger partial charge >= 0.3 is 0 Å². The summed E-state index contributed by atoms with van der Waals surface area (Å²) < 4.78 is 2.23. The van der Waals surface area contributed by atoms with Crippen molar-refractivity contribution in [3.8, 4) is 0 Å². The summed E-state index contributed by atoms with van der Waals surface area (Å²) in [6, 6.07) is 10.5. The van der Waals surface area contributed by atoms with Crippen molar-refractivity contribution >= 4 is 28.6 Å². The van der Waals surface area contributed by atoms with Crippen LogP contribution in [0.25, 0.3) is 0 Å². The summed E-state index contributed by atoms with van der Waals surface area (Å²) in [5.41, 5.74) is 1.26. The zero-order valence-electron chi connectivity index (χ0n) is 8.97. The van der Waals surface area contributed by atoms with Gasteiger partial charge in [0, 0.05) is 18.1 Å². The first kappa shape index (κ1) is 10.8. The van der Waals surface area contributed by atoms with Gasteiger partial charge in [-0.2, -0.15) is 0 Å². The van der Waals surface area contributed by atoms with Crippen molar-refractivity contribution in [2.24, 2.45) is 5.92 Å². The SMILES string of the molecule is CC(C)C1N(I)C=CN1c1ccccc1. The van der Waals surface area contributed by atoms with Crippen LogP contribution in [0.3, 0.4) is 0 Å². The third-order valence-corrected chi connectivity index (χ3v) is 3.45. The molecule has 2 nitrogen and oxygen atoms in total. The van der Waals surface area contributed by atoms with Gasteiger partial charge in [0.2, 0.25) is 0 Å². The largest absolute Gasteiger partial charge is 0.325 e. The van der Waals surface area contributed by atoms with E-state index in [1.807, 2.05) is 0 Å². The third kappa shape index (κ3) is 2.12. The van der Waals surface area contributed by atoms with Gasteiger partial charge in [0.15, 0.2) is 0 Å². The fourth-order valence-corrected chi connectivity index (χ4v) is 2.93. The molecule has 0 aromatic heterocycles. The van der Waals surface area contributed by atoms with Crippen molar-refractivity contribution < 1.29 is 0 Å². The van der Waals surface area contributed by atoms with Gasteiger partial charge in [-0.3, -0.25) is 3.11 Å². The molecule has 1 aromatic carbocycles. The maximum Gasteiger partial charge on any atom is 0.117 e. The van der Waals surface area contributed by atoms with Crippen LogP contribution >= 0.6 is 22.9 Å². The van der Waals surface area contributed by atoms with Crippen molar-refractivity contribution in [3.05, 3.63) is 42.7 Å². The molecule has 0 saturated carbocycles. The quantitative estimate of drug-likeness (QED) is 0.608. The van der Waals surface area contributed by atoms with Crippen LogP contribution in [0.2, 0.25) is 0 Å². The molecule has 0 radical (unpaired) electrons. The zero-order valence-corrected chi connectivity index (χ0v) is 11.1.